The van der Waals surface area contributed by atoms with Gasteiger partial charge in [-0.1, -0.05) is 30.8 Å². The van der Waals surface area contributed by atoms with Crippen molar-refractivity contribution in [2.45, 2.75) is 31.0 Å². The van der Waals surface area contributed by atoms with E-state index < -0.39 is 0 Å². The minimum Gasteiger partial charge on any atom is -0.385 e. The highest BCUT2D eigenvalue weighted by Gasteiger charge is 2.34. The van der Waals surface area contributed by atoms with Gasteiger partial charge in [0.05, 0.1) is 16.6 Å². The Hall–Kier alpha value is -1.63. The molecular formula is C19H25N3O2S. The van der Waals surface area contributed by atoms with Gasteiger partial charge in [0.2, 0.25) is 0 Å². The van der Waals surface area contributed by atoms with Crippen LogP contribution in [0.2, 0.25) is 0 Å². The number of imidazole rings is 1. The lowest BCUT2D eigenvalue weighted by Gasteiger charge is -2.35. The van der Waals surface area contributed by atoms with Gasteiger partial charge in [-0.2, -0.15) is 0 Å². The predicted molar refractivity (Wildman–Crippen MR) is 103 cm³/mol. The third-order valence-electron chi connectivity index (χ3n) is 4.64. The summed E-state index contributed by atoms with van der Waals surface area (Å²) >= 11 is 1.68. The summed E-state index contributed by atoms with van der Waals surface area (Å²) < 4.78 is 11.2. The maximum atomic E-state index is 6.13. The van der Waals surface area contributed by atoms with E-state index in [-0.39, 0.29) is 11.5 Å². The van der Waals surface area contributed by atoms with Crippen LogP contribution in [-0.2, 0) is 9.47 Å². The van der Waals surface area contributed by atoms with Crippen LogP contribution in [0.4, 0.5) is 0 Å². The number of ether oxygens (including phenoxy) is 2. The van der Waals surface area contributed by atoms with Gasteiger partial charge in [0.15, 0.2) is 5.16 Å². The third-order valence-corrected chi connectivity index (χ3v) is 5.54. The standard InChI is InChI=1S/C19H25N3O2S/c1-14-17(20-10-9-19(14,2)24-12-6-11-23-3)13-25-18-21-15-7-4-5-8-16(15)22-18/h4-5,7-10,14H,6,11-13H2,1-3H3,(H,21,22). The number of thioether (sulfide) groups is 1. The van der Waals surface area contributed by atoms with Crippen LogP contribution in [0.1, 0.15) is 20.3 Å². The van der Waals surface area contributed by atoms with Crippen LogP contribution < -0.4 is 0 Å². The Morgan fingerprint density at radius 1 is 1.28 bits per heavy atom. The van der Waals surface area contributed by atoms with Crippen LogP contribution in [-0.4, -0.2) is 47.4 Å². The van der Waals surface area contributed by atoms with Gasteiger partial charge >= 0.3 is 0 Å². The molecule has 1 N–H and O–H groups in total. The molecule has 0 radical (unpaired) electrons. The number of benzene rings is 1. The van der Waals surface area contributed by atoms with Crippen LogP contribution in [0, 0.1) is 5.92 Å². The molecule has 3 rings (SSSR count). The number of hydrogen-bond acceptors (Lipinski definition) is 5. The molecule has 5 nitrogen and oxygen atoms in total. The third kappa shape index (κ3) is 4.32. The molecule has 2 aromatic rings. The molecule has 1 aliphatic heterocycles. The normalized spacial score (nSPS) is 23.2. The second-order valence-corrected chi connectivity index (χ2v) is 7.35. The summed E-state index contributed by atoms with van der Waals surface area (Å²) in [5, 5.41) is 0.924. The molecule has 0 amide bonds. The van der Waals surface area contributed by atoms with E-state index in [0.717, 1.165) is 40.7 Å². The van der Waals surface area contributed by atoms with E-state index in [2.05, 4.69) is 34.9 Å². The molecule has 0 aliphatic carbocycles. The zero-order valence-electron chi connectivity index (χ0n) is 15.0. The zero-order chi connectivity index (χ0) is 17.7. The fourth-order valence-electron chi connectivity index (χ4n) is 2.84. The first-order chi connectivity index (χ1) is 12.1. The van der Waals surface area contributed by atoms with Gasteiger partial charge in [-0.25, -0.2) is 4.98 Å². The highest BCUT2D eigenvalue weighted by molar-refractivity contribution is 7.99. The van der Waals surface area contributed by atoms with Crippen LogP contribution in [0.25, 0.3) is 11.0 Å². The molecule has 25 heavy (non-hydrogen) atoms. The van der Waals surface area contributed by atoms with Gasteiger partial charge in [0, 0.05) is 43.9 Å². The smallest absolute Gasteiger partial charge is 0.166 e. The van der Waals surface area contributed by atoms with E-state index in [1.54, 1.807) is 18.9 Å². The minimum absolute atomic E-state index is 0.219. The zero-order valence-corrected chi connectivity index (χ0v) is 15.8. The lowest BCUT2D eigenvalue weighted by atomic mass is 9.85. The van der Waals surface area contributed by atoms with Crippen molar-refractivity contribution in [2.75, 3.05) is 26.1 Å². The molecule has 1 aromatic carbocycles. The molecule has 2 atom stereocenters. The number of nitrogens with zero attached hydrogens (tertiary/aromatic N) is 2. The number of hydrogen-bond donors (Lipinski definition) is 1. The maximum Gasteiger partial charge on any atom is 0.166 e. The van der Waals surface area contributed by atoms with Gasteiger partial charge in [0.1, 0.15) is 0 Å². The van der Waals surface area contributed by atoms with Crippen molar-refractivity contribution in [3.63, 3.8) is 0 Å². The first-order valence-electron chi connectivity index (χ1n) is 8.57. The van der Waals surface area contributed by atoms with Crippen LogP contribution >= 0.6 is 11.8 Å². The molecule has 1 aromatic heterocycles. The average Bonchev–Trinajstić information content (AvgIpc) is 3.03. The number of para-hydroxylation sites is 2. The van der Waals surface area contributed by atoms with Crippen LogP contribution in [0.3, 0.4) is 0 Å². The van der Waals surface area contributed by atoms with E-state index in [9.17, 15) is 0 Å². The summed E-state index contributed by atoms with van der Waals surface area (Å²) in [6.45, 7) is 5.71. The fraction of sp³-hybridized carbons (Fsp3) is 0.474. The summed E-state index contributed by atoms with van der Waals surface area (Å²) in [5.74, 6) is 1.01. The lowest BCUT2D eigenvalue weighted by molar-refractivity contribution is -0.0228. The minimum atomic E-state index is -0.320. The molecule has 1 aliphatic rings. The van der Waals surface area contributed by atoms with Gasteiger partial charge in [0.25, 0.3) is 0 Å². The van der Waals surface area contributed by atoms with Gasteiger partial charge in [-0.3, -0.25) is 4.99 Å². The van der Waals surface area contributed by atoms with E-state index in [1.807, 2.05) is 30.5 Å². The monoisotopic (exact) mass is 359 g/mol. The average molecular weight is 359 g/mol. The number of rotatable bonds is 8. The molecule has 2 unspecified atom stereocenters. The Kier molecular flexibility index (Phi) is 5.93. The molecule has 0 bridgehead atoms. The van der Waals surface area contributed by atoms with Crippen LogP contribution in [0.5, 0.6) is 0 Å². The molecule has 0 saturated carbocycles. The van der Waals surface area contributed by atoms with E-state index in [1.165, 1.54) is 0 Å². The Bertz CT molecular complexity index is 738. The SMILES string of the molecule is COCCCOC1(C)C=CN=C(CSc2nc3ccccc3[nH]2)C1C. The molecular weight excluding hydrogens is 334 g/mol. The van der Waals surface area contributed by atoms with Crippen molar-refractivity contribution in [3.05, 3.63) is 36.5 Å². The number of aromatic nitrogens is 2. The Morgan fingerprint density at radius 3 is 2.92 bits per heavy atom. The second kappa shape index (κ2) is 8.17. The molecule has 0 saturated heterocycles. The molecule has 6 heteroatoms. The molecule has 0 spiro atoms. The van der Waals surface area contributed by atoms with Crippen molar-refractivity contribution in [1.29, 1.82) is 0 Å². The van der Waals surface area contributed by atoms with Crippen molar-refractivity contribution < 1.29 is 9.47 Å². The second-order valence-electron chi connectivity index (χ2n) is 6.38. The lowest BCUT2D eigenvalue weighted by Crippen LogP contribution is -2.41. The van der Waals surface area contributed by atoms with Gasteiger partial charge < -0.3 is 14.5 Å². The number of fused-ring (bicyclic) bond motifs is 1. The Balaban J connectivity index is 1.60. The largest absolute Gasteiger partial charge is 0.385 e. The van der Waals surface area contributed by atoms with Gasteiger partial charge in [-0.05, 0) is 31.6 Å². The molecule has 134 valence electrons. The summed E-state index contributed by atoms with van der Waals surface area (Å²) in [4.78, 5) is 12.6. The number of methoxy groups -OCH3 is 1. The van der Waals surface area contributed by atoms with Gasteiger partial charge in [-0.15, -0.1) is 0 Å². The number of aliphatic imine (C=N–C) groups is 1. The quantitative estimate of drug-likeness (QED) is 0.570. The molecule has 2 heterocycles. The van der Waals surface area contributed by atoms with E-state index in [0.29, 0.717) is 6.61 Å². The molecule has 0 fully saturated rings. The maximum absolute atomic E-state index is 6.13. The number of nitrogens with one attached hydrogen (secondary N) is 1. The fourth-order valence-corrected chi connectivity index (χ4v) is 3.79. The summed E-state index contributed by atoms with van der Waals surface area (Å²) in [6, 6.07) is 8.08. The van der Waals surface area contributed by atoms with Crippen molar-refractivity contribution in [2.24, 2.45) is 10.9 Å². The number of aromatic amines is 1. The highest BCUT2D eigenvalue weighted by atomic mass is 32.2. The van der Waals surface area contributed by atoms with Crippen molar-refractivity contribution in [3.8, 4) is 0 Å². The Morgan fingerprint density at radius 2 is 2.12 bits per heavy atom. The predicted octanol–water partition coefficient (Wildman–Crippen LogP) is 4.07. The van der Waals surface area contributed by atoms with E-state index >= 15 is 0 Å². The van der Waals surface area contributed by atoms with Crippen molar-refractivity contribution >= 4 is 28.5 Å². The Labute approximate surface area is 152 Å². The first kappa shape index (κ1) is 18.2. The van der Waals surface area contributed by atoms with Crippen molar-refractivity contribution in [1.82, 2.24) is 9.97 Å². The summed E-state index contributed by atoms with van der Waals surface area (Å²) in [7, 11) is 1.71. The first-order valence-corrected chi connectivity index (χ1v) is 9.55. The summed E-state index contributed by atoms with van der Waals surface area (Å²) in [6.07, 6.45) is 4.82. The highest BCUT2D eigenvalue weighted by Crippen LogP contribution is 2.31. The topological polar surface area (TPSA) is 59.5 Å². The van der Waals surface area contributed by atoms with Crippen LogP contribution in [0.15, 0.2) is 46.7 Å². The number of H-pyrrole nitrogens is 1. The summed E-state index contributed by atoms with van der Waals surface area (Å²) in [5.41, 5.74) is 2.87. The van der Waals surface area contributed by atoms with E-state index in [4.69, 9.17) is 9.47 Å².